The highest BCUT2D eigenvalue weighted by molar-refractivity contribution is 7.91. The molecule has 0 unspecified atom stereocenters. The molecule has 17 nitrogen and oxygen atoms in total. The molecule has 1 saturated heterocycles. The van der Waals surface area contributed by atoms with Crippen LogP contribution in [-0.4, -0.2) is 140 Å². The van der Waals surface area contributed by atoms with E-state index in [1.165, 1.54) is 0 Å². The minimum absolute atomic E-state index is 0.0195. The first kappa shape index (κ1) is 50.7. The van der Waals surface area contributed by atoms with Crippen molar-refractivity contribution in [3.05, 3.63) is 96.1 Å². The van der Waals surface area contributed by atoms with E-state index in [1.807, 2.05) is 81.4 Å². The predicted molar refractivity (Wildman–Crippen MR) is 237 cm³/mol. The molecule has 5 N–H and O–H groups in total. The van der Waals surface area contributed by atoms with Crippen LogP contribution >= 0.6 is 11.6 Å². The van der Waals surface area contributed by atoms with Crippen molar-refractivity contribution in [3.8, 4) is 0 Å². The topological polar surface area (TPSA) is 227 Å². The van der Waals surface area contributed by atoms with E-state index in [0.717, 1.165) is 11.1 Å². The van der Waals surface area contributed by atoms with Crippen LogP contribution in [0, 0.1) is 11.8 Å². The molecular weight excluding hydrogens is 888 g/mol. The molecule has 0 bridgehead atoms. The standard InChI is InChI=1S/C46H63ClN2O15S/c1-4-32-17-19-34(48-45(53)57-25-29-13-8-6-9-14-29)42(59-32)62-39-28(3)23-31(27-65(55,56)22-12-21-47)37(51)41(39)64-44-38(52)40(36(24-50)61-44)63-43-35(20-18-33(5-2)60-43)49-46(54)58-26-30-15-10-7-11-16-30/h6-11,13-20,28,31-44,50-52H,4-5,12,21-27H2,1-3H3,(H,48,53)(H,49,54)/t28-,31-,32+,33-,34+,35+,36+,37-,38+,39+,40+,41+,42+,43+,44-/m0/s1. The van der Waals surface area contributed by atoms with Gasteiger partial charge in [-0.15, -0.1) is 11.6 Å². The number of aliphatic hydroxyl groups is 3. The molecule has 1 saturated carbocycles. The van der Waals surface area contributed by atoms with E-state index in [2.05, 4.69) is 10.6 Å². The second kappa shape index (κ2) is 24.4. The lowest BCUT2D eigenvalue weighted by atomic mass is 9.77. The fourth-order valence-electron chi connectivity index (χ4n) is 8.36. The van der Waals surface area contributed by atoms with Crippen molar-refractivity contribution in [1.82, 2.24) is 10.6 Å². The quantitative estimate of drug-likeness (QED) is 0.0924. The molecule has 1 aliphatic carbocycles. The third-order valence-corrected chi connectivity index (χ3v) is 14.0. The molecule has 360 valence electrons. The van der Waals surface area contributed by atoms with Crippen molar-refractivity contribution in [1.29, 1.82) is 0 Å². The molecule has 3 heterocycles. The maximum absolute atomic E-state index is 13.2. The van der Waals surface area contributed by atoms with Crippen molar-refractivity contribution in [2.75, 3.05) is 24.0 Å². The number of hydrogen-bond acceptors (Lipinski definition) is 15. The summed E-state index contributed by atoms with van der Waals surface area (Å²) in [6, 6.07) is 16.6. The van der Waals surface area contributed by atoms with Crippen LogP contribution in [0.3, 0.4) is 0 Å². The van der Waals surface area contributed by atoms with Gasteiger partial charge in [0.2, 0.25) is 0 Å². The molecule has 6 rings (SSSR count). The number of sulfone groups is 1. The SMILES string of the molecule is CC[C@H]1C=C[C@@H](NC(=O)OCc2ccccc2)[C@@H](O[C@H]2[C@@H](O)[C@H](O[C@@H]3[C@@H](O)[C@H](CS(=O)(=O)CCCCl)C[C@H](C)[C@H]3O[C@H]3O[C@H](CC)C=C[C@H]3NC(=O)OCc3ccccc3)O[C@@H]2CO)O1. The van der Waals surface area contributed by atoms with Crippen LogP contribution in [0.15, 0.2) is 85.0 Å². The van der Waals surface area contributed by atoms with Crippen LogP contribution in [0.2, 0.25) is 0 Å². The summed E-state index contributed by atoms with van der Waals surface area (Å²) in [4.78, 5) is 26.0. The van der Waals surface area contributed by atoms with E-state index >= 15 is 0 Å². The third kappa shape index (κ3) is 14.2. The summed E-state index contributed by atoms with van der Waals surface area (Å²) >= 11 is 5.83. The molecule has 0 radical (unpaired) electrons. The minimum atomic E-state index is -3.67. The summed E-state index contributed by atoms with van der Waals surface area (Å²) in [5.74, 6) is -1.69. The Hall–Kier alpha value is -3.66. The van der Waals surface area contributed by atoms with Gasteiger partial charge in [-0.25, -0.2) is 18.0 Å². The Morgan fingerprint density at radius 1 is 0.723 bits per heavy atom. The zero-order valence-corrected chi connectivity index (χ0v) is 38.4. The molecular formula is C46H63ClN2O15S. The summed E-state index contributed by atoms with van der Waals surface area (Å²) in [7, 11) is -3.67. The zero-order chi connectivity index (χ0) is 46.5. The Balaban J connectivity index is 1.20. The van der Waals surface area contributed by atoms with E-state index < -0.39 is 120 Å². The van der Waals surface area contributed by atoms with E-state index in [4.69, 9.17) is 49.5 Å². The van der Waals surface area contributed by atoms with Crippen LogP contribution in [0.5, 0.6) is 0 Å². The summed E-state index contributed by atoms with van der Waals surface area (Å²) < 4.78 is 75.4. The van der Waals surface area contributed by atoms with Crippen molar-refractivity contribution in [3.63, 3.8) is 0 Å². The number of aliphatic hydroxyl groups excluding tert-OH is 3. The van der Waals surface area contributed by atoms with Gasteiger partial charge < -0.3 is 63.8 Å². The van der Waals surface area contributed by atoms with Gasteiger partial charge >= 0.3 is 12.2 Å². The largest absolute Gasteiger partial charge is 0.445 e. The van der Waals surface area contributed by atoms with Crippen LogP contribution in [0.1, 0.15) is 57.6 Å². The Bertz CT molecular complexity index is 1970. The van der Waals surface area contributed by atoms with E-state index in [9.17, 15) is 33.3 Å². The Labute approximate surface area is 385 Å². The fourth-order valence-corrected chi connectivity index (χ4v) is 10.4. The lowest BCUT2D eigenvalue weighted by molar-refractivity contribution is -0.290. The van der Waals surface area contributed by atoms with E-state index in [1.54, 1.807) is 24.3 Å². The monoisotopic (exact) mass is 950 g/mol. The number of rotatable bonds is 20. The van der Waals surface area contributed by atoms with Gasteiger partial charge in [0.1, 0.15) is 49.7 Å². The number of alkyl carbamates (subject to hydrolysis) is 2. The fraction of sp³-hybridized carbons (Fsp3) is 0.609. The Morgan fingerprint density at radius 3 is 1.72 bits per heavy atom. The number of carbonyl (C=O) groups excluding carboxylic acids is 2. The molecule has 3 aliphatic heterocycles. The lowest BCUT2D eigenvalue weighted by Gasteiger charge is -2.46. The van der Waals surface area contributed by atoms with Gasteiger partial charge in [0, 0.05) is 11.8 Å². The number of alkyl halides is 1. The van der Waals surface area contributed by atoms with Crippen molar-refractivity contribution >= 4 is 33.6 Å². The second-order valence-electron chi connectivity index (χ2n) is 16.8. The average molecular weight is 952 g/mol. The van der Waals surface area contributed by atoms with E-state index in [-0.39, 0.29) is 43.4 Å². The van der Waals surface area contributed by atoms with Crippen molar-refractivity contribution in [2.45, 2.75) is 139 Å². The first-order chi connectivity index (χ1) is 31.3. The summed E-state index contributed by atoms with van der Waals surface area (Å²) in [5, 5.41) is 40.0. The van der Waals surface area contributed by atoms with Crippen LogP contribution < -0.4 is 10.6 Å². The molecule has 19 heteroatoms. The molecule has 2 amide bonds. The van der Waals surface area contributed by atoms with Gasteiger partial charge in [-0.3, -0.25) is 0 Å². The van der Waals surface area contributed by atoms with Gasteiger partial charge in [0.15, 0.2) is 28.7 Å². The molecule has 4 aliphatic rings. The number of carbonyl (C=O) groups is 2. The first-order valence-electron chi connectivity index (χ1n) is 22.3. The average Bonchev–Trinajstić information content (AvgIpc) is 3.60. The van der Waals surface area contributed by atoms with Crippen LogP contribution in [0.25, 0.3) is 0 Å². The third-order valence-electron chi connectivity index (χ3n) is 11.9. The maximum Gasteiger partial charge on any atom is 0.408 e. The molecule has 15 atom stereocenters. The second-order valence-corrected chi connectivity index (χ2v) is 19.4. The molecule has 2 aromatic rings. The minimum Gasteiger partial charge on any atom is -0.445 e. The summed E-state index contributed by atoms with van der Waals surface area (Å²) in [5.41, 5.74) is 1.57. The molecule has 0 aromatic heterocycles. The first-order valence-corrected chi connectivity index (χ1v) is 24.6. The van der Waals surface area contributed by atoms with Gasteiger partial charge in [0.05, 0.1) is 42.5 Å². The van der Waals surface area contributed by atoms with Crippen molar-refractivity contribution in [2.24, 2.45) is 11.8 Å². The van der Waals surface area contributed by atoms with Crippen LogP contribution in [-0.2, 0) is 60.9 Å². The summed E-state index contributed by atoms with van der Waals surface area (Å²) in [6.45, 7) is 5.06. The Morgan fingerprint density at radius 2 is 1.23 bits per heavy atom. The van der Waals surface area contributed by atoms with Gasteiger partial charge in [-0.2, -0.15) is 0 Å². The number of ether oxygens (including phenoxy) is 8. The summed E-state index contributed by atoms with van der Waals surface area (Å²) in [6.07, 6.45) is -5.36. The molecule has 2 fully saturated rings. The smallest absolute Gasteiger partial charge is 0.408 e. The highest BCUT2D eigenvalue weighted by Crippen LogP contribution is 2.39. The highest BCUT2D eigenvalue weighted by Gasteiger charge is 2.53. The molecule has 65 heavy (non-hydrogen) atoms. The molecule has 0 spiro atoms. The van der Waals surface area contributed by atoms with E-state index in [0.29, 0.717) is 12.8 Å². The number of hydrogen-bond donors (Lipinski definition) is 5. The van der Waals surface area contributed by atoms with Gasteiger partial charge in [-0.05, 0) is 42.7 Å². The van der Waals surface area contributed by atoms with Gasteiger partial charge in [0.25, 0.3) is 0 Å². The number of amides is 2. The van der Waals surface area contributed by atoms with Crippen LogP contribution in [0.4, 0.5) is 9.59 Å². The highest BCUT2D eigenvalue weighted by atomic mass is 35.5. The predicted octanol–water partition coefficient (Wildman–Crippen LogP) is 4.25. The zero-order valence-electron chi connectivity index (χ0n) is 36.8. The normalized spacial score (nSPS) is 33.6. The lowest BCUT2D eigenvalue weighted by Crippen LogP contribution is -2.59. The number of halogens is 1. The number of benzene rings is 2. The maximum atomic E-state index is 13.2. The Kier molecular flexibility index (Phi) is 19.0. The molecule has 2 aromatic carbocycles. The number of nitrogens with one attached hydrogen (secondary N) is 2. The van der Waals surface area contributed by atoms with Crippen molar-refractivity contribution < 1.29 is 71.2 Å². The van der Waals surface area contributed by atoms with Gasteiger partial charge in [-0.1, -0.05) is 106 Å².